The van der Waals surface area contributed by atoms with E-state index in [1.807, 2.05) is 11.3 Å². The molecule has 0 fully saturated rings. The van der Waals surface area contributed by atoms with Crippen LogP contribution in [0.4, 0.5) is 0 Å². The maximum atomic E-state index is 5.89. The highest BCUT2D eigenvalue weighted by Gasteiger charge is 2.20. The summed E-state index contributed by atoms with van der Waals surface area (Å²) in [5.41, 5.74) is 7.52. The van der Waals surface area contributed by atoms with E-state index in [0.717, 1.165) is 26.2 Å². The van der Waals surface area contributed by atoms with Gasteiger partial charge in [-0.05, 0) is 47.3 Å². The summed E-state index contributed by atoms with van der Waals surface area (Å²) in [4.78, 5) is 2.54. The molecular weight excluding hydrogens is 264 g/mol. The van der Waals surface area contributed by atoms with Crippen LogP contribution < -0.4 is 5.73 Å². The van der Waals surface area contributed by atoms with Gasteiger partial charge in [-0.25, -0.2) is 0 Å². The van der Waals surface area contributed by atoms with Crippen molar-refractivity contribution in [1.29, 1.82) is 0 Å². The average Bonchev–Trinajstić information content (AvgIpc) is 2.82. The number of hydrogen-bond acceptors (Lipinski definition) is 3. The molecule has 0 aliphatic rings. The number of fused-ring (bicyclic) bond motifs is 1. The molecule has 0 amide bonds. The summed E-state index contributed by atoms with van der Waals surface area (Å²) in [6, 6.07) is 8.69. The van der Waals surface area contributed by atoms with E-state index in [9.17, 15) is 0 Å². The molecule has 0 saturated heterocycles. The van der Waals surface area contributed by atoms with Crippen molar-refractivity contribution in [3.8, 4) is 0 Å². The Morgan fingerprint density at radius 2 is 2.00 bits per heavy atom. The van der Waals surface area contributed by atoms with Crippen LogP contribution in [0.15, 0.2) is 29.6 Å². The van der Waals surface area contributed by atoms with Crippen LogP contribution in [0.5, 0.6) is 0 Å². The highest BCUT2D eigenvalue weighted by molar-refractivity contribution is 7.17. The predicted octanol–water partition coefficient (Wildman–Crippen LogP) is 4.10. The van der Waals surface area contributed by atoms with Crippen molar-refractivity contribution in [3.63, 3.8) is 0 Å². The zero-order valence-electron chi connectivity index (χ0n) is 12.9. The van der Waals surface area contributed by atoms with E-state index in [-0.39, 0.29) is 5.41 Å². The minimum Gasteiger partial charge on any atom is -0.330 e. The van der Waals surface area contributed by atoms with E-state index in [1.165, 1.54) is 22.1 Å². The normalized spacial score (nSPS) is 12.4. The zero-order chi connectivity index (χ0) is 14.6. The number of benzene rings is 1. The van der Waals surface area contributed by atoms with Crippen molar-refractivity contribution in [2.75, 3.05) is 19.6 Å². The van der Waals surface area contributed by atoms with Crippen LogP contribution in [0.3, 0.4) is 0 Å². The van der Waals surface area contributed by atoms with Gasteiger partial charge in [0.05, 0.1) is 0 Å². The summed E-state index contributed by atoms with van der Waals surface area (Å²) < 4.78 is 1.39. The van der Waals surface area contributed by atoms with Gasteiger partial charge in [-0.3, -0.25) is 4.90 Å². The fourth-order valence-corrected chi connectivity index (χ4v) is 3.55. The molecule has 3 heteroatoms. The Morgan fingerprint density at radius 1 is 1.25 bits per heavy atom. The molecule has 1 aromatic carbocycles. The van der Waals surface area contributed by atoms with Crippen molar-refractivity contribution < 1.29 is 0 Å². The van der Waals surface area contributed by atoms with Crippen LogP contribution in [0, 0.1) is 5.41 Å². The van der Waals surface area contributed by atoms with Gasteiger partial charge in [0.1, 0.15) is 0 Å². The molecule has 0 saturated carbocycles. The van der Waals surface area contributed by atoms with E-state index in [0.29, 0.717) is 0 Å². The Balaban J connectivity index is 2.15. The highest BCUT2D eigenvalue weighted by atomic mass is 32.1. The third-order valence-corrected chi connectivity index (χ3v) is 4.71. The monoisotopic (exact) mass is 290 g/mol. The summed E-state index contributed by atoms with van der Waals surface area (Å²) in [5.74, 6) is 0. The maximum Gasteiger partial charge on any atom is 0.0346 e. The van der Waals surface area contributed by atoms with E-state index in [2.05, 4.69) is 55.3 Å². The molecule has 2 nitrogen and oxygen atoms in total. The molecule has 0 aliphatic carbocycles. The second-order valence-corrected chi connectivity index (χ2v) is 7.25. The Bertz CT molecular complexity index is 545. The quantitative estimate of drug-likeness (QED) is 0.832. The lowest BCUT2D eigenvalue weighted by Gasteiger charge is -2.31. The van der Waals surface area contributed by atoms with Crippen molar-refractivity contribution in [3.05, 3.63) is 35.2 Å². The van der Waals surface area contributed by atoms with E-state index >= 15 is 0 Å². The van der Waals surface area contributed by atoms with E-state index in [4.69, 9.17) is 5.73 Å². The molecule has 0 radical (unpaired) electrons. The maximum absolute atomic E-state index is 5.89. The number of nitrogens with zero attached hydrogens (tertiary/aromatic N) is 1. The lowest BCUT2D eigenvalue weighted by atomic mass is 9.93. The molecule has 0 atom stereocenters. The van der Waals surface area contributed by atoms with Gasteiger partial charge < -0.3 is 5.73 Å². The first kappa shape index (κ1) is 15.5. The van der Waals surface area contributed by atoms with Crippen molar-refractivity contribution >= 4 is 21.4 Å². The van der Waals surface area contributed by atoms with Gasteiger partial charge in [0.15, 0.2) is 0 Å². The van der Waals surface area contributed by atoms with Gasteiger partial charge >= 0.3 is 0 Å². The first-order valence-corrected chi connectivity index (χ1v) is 8.31. The molecule has 110 valence electrons. The van der Waals surface area contributed by atoms with Crippen LogP contribution in [0.1, 0.15) is 32.8 Å². The van der Waals surface area contributed by atoms with Crippen LogP contribution in [0.25, 0.3) is 10.1 Å². The summed E-state index contributed by atoms with van der Waals surface area (Å²) in [7, 11) is 0. The van der Waals surface area contributed by atoms with Crippen molar-refractivity contribution in [1.82, 2.24) is 4.90 Å². The zero-order valence-corrected chi connectivity index (χ0v) is 13.7. The minimum absolute atomic E-state index is 0.182. The Hall–Kier alpha value is -0.900. The highest BCUT2D eigenvalue weighted by Crippen LogP contribution is 2.27. The van der Waals surface area contributed by atoms with Gasteiger partial charge in [0, 0.05) is 17.8 Å². The molecule has 2 aromatic rings. The summed E-state index contributed by atoms with van der Waals surface area (Å²) in [6.07, 6.45) is 1.18. The molecular formula is C17H26N2S. The first-order chi connectivity index (χ1) is 9.55. The lowest BCUT2D eigenvalue weighted by Crippen LogP contribution is -2.38. The van der Waals surface area contributed by atoms with Gasteiger partial charge in [-0.2, -0.15) is 0 Å². The summed E-state index contributed by atoms with van der Waals surface area (Å²) in [6.45, 7) is 10.7. The van der Waals surface area contributed by atoms with Gasteiger partial charge in [-0.1, -0.05) is 39.0 Å². The third kappa shape index (κ3) is 3.81. The fraction of sp³-hybridized carbons (Fsp3) is 0.529. The summed E-state index contributed by atoms with van der Waals surface area (Å²) in [5, 5.41) is 3.71. The fourth-order valence-electron chi connectivity index (χ4n) is 2.60. The lowest BCUT2D eigenvalue weighted by molar-refractivity contribution is 0.176. The predicted molar refractivity (Wildman–Crippen MR) is 90.2 cm³/mol. The number of thiophene rings is 1. The molecule has 0 aliphatic heterocycles. The van der Waals surface area contributed by atoms with E-state index in [1.54, 1.807) is 0 Å². The molecule has 2 rings (SSSR count). The molecule has 0 spiro atoms. The molecule has 1 heterocycles. The van der Waals surface area contributed by atoms with Gasteiger partial charge in [0.2, 0.25) is 0 Å². The number of hydrogen-bond donors (Lipinski definition) is 1. The minimum atomic E-state index is 0.182. The molecule has 0 bridgehead atoms. The molecule has 1 aromatic heterocycles. The topological polar surface area (TPSA) is 29.3 Å². The van der Waals surface area contributed by atoms with Crippen LogP contribution in [0.2, 0.25) is 0 Å². The molecule has 0 unspecified atom stereocenters. The average molecular weight is 290 g/mol. The van der Waals surface area contributed by atoms with Gasteiger partial charge in [0.25, 0.3) is 0 Å². The van der Waals surface area contributed by atoms with Crippen LogP contribution in [-0.4, -0.2) is 24.5 Å². The van der Waals surface area contributed by atoms with Crippen molar-refractivity contribution in [2.24, 2.45) is 11.1 Å². The molecule has 2 N–H and O–H groups in total. The first-order valence-electron chi connectivity index (χ1n) is 7.43. The largest absolute Gasteiger partial charge is 0.330 e. The number of rotatable bonds is 7. The standard InChI is InChI=1S/C17H26N2S/c1-4-9-19(13-17(2,3)12-18)10-14-11-20-16-8-6-5-7-15(14)16/h5-8,11H,4,9-10,12-13,18H2,1-3H3. The van der Waals surface area contributed by atoms with E-state index < -0.39 is 0 Å². The summed E-state index contributed by atoms with van der Waals surface area (Å²) >= 11 is 1.85. The Labute approximate surface area is 126 Å². The van der Waals surface area contributed by atoms with Crippen molar-refractivity contribution in [2.45, 2.75) is 33.7 Å². The molecule has 20 heavy (non-hydrogen) atoms. The SMILES string of the molecule is CCCN(Cc1csc2ccccc12)CC(C)(C)CN. The van der Waals surface area contributed by atoms with Crippen LogP contribution >= 0.6 is 11.3 Å². The smallest absolute Gasteiger partial charge is 0.0346 e. The Kier molecular flexibility index (Phi) is 5.19. The Morgan fingerprint density at radius 3 is 2.70 bits per heavy atom. The van der Waals surface area contributed by atoms with Gasteiger partial charge in [-0.15, -0.1) is 11.3 Å². The number of nitrogens with two attached hydrogens (primary N) is 1. The van der Waals surface area contributed by atoms with Crippen LogP contribution in [-0.2, 0) is 6.54 Å². The second-order valence-electron chi connectivity index (χ2n) is 6.34. The third-order valence-electron chi connectivity index (χ3n) is 3.70. The second kappa shape index (κ2) is 6.70.